The fraction of sp³-hybridized carbons (Fsp3) is 0.355. The Bertz CT molecular complexity index is 1120. The number of hydrogen-bond donors (Lipinski definition) is 2. The van der Waals surface area contributed by atoms with Gasteiger partial charge in [-0.3, -0.25) is 0 Å². The smallest absolute Gasteiger partial charge is 0.404 e. The number of carbonyl (C=O) groups is 2. The summed E-state index contributed by atoms with van der Waals surface area (Å²) in [5.41, 5.74) is 9.26. The predicted octanol–water partition coefficient (Wildman–Crippen LogP) is 6.75. The minimum atomic E-state index is -0.975. The number of ether oxygens (including phenoxy) is 2. The average Bonchev–Trinajstić information content (AvgIpc) is 2.85. The fourth-order valence-corrected chi connectivity index (χ4v) is 4.65. The molecule has 0 aromatic heterocycles. The molecule has 7 heteroatoms. The molecule has 0 aliphatic carbocycles. The second kappa shape index (κ2) is 16.8. The summed E-state index contributed by atoms with van der Waals surface area (Å²) >= 11 is 2.19. The number of cyclic esters (lactones) is 1. The van der Waals surface area contributed by atoms with Gasteiger partial charge in [-0.2, -0.15) is 0 Å². The second-order valence-electron chi connectivity index (χ2n) is 9.44. The number of fused-ring (bicyclic) bond motifs is 2. The summed E-state index contributed by atoms with van der Waals surface area (Å²) in [7, 11) is 0. The highest BCUT2D eigenvalue weighted by molar-refractivity contribution is 14.1. The molecule has 1 aliphatic rings. The molecule has 1 aromatic rings. The van der Waals surface area contributed by atoms with Crippen LogP contribution in [0.15, 0.2) is 88.1 Å². The first-order valence-corrected chi connectivity index (χ1v) is 14.0. The maximum Gasteiger partial charge on any atom is 0.404 e. The van der Waals surface area contributed by atoms with E-state index in [4.69, 9.17) is 15.2 Å². The highest BCUT2D eigenvalue weighted by Crippen LogP contribution is 2.21. The molecule has 2 bridgehead atoms. The summed E-state index contributed by atoms with van der Waals surface area (Å²) < 4.78 is 13.0. The van der Waals surface area contributed by atoms with Gasteiger partial charge in [-0.25, -0.2) is 9.59 Å². The third-order valence-electron chi connectivity index (χ3n) is 6.06. The average molecular weight is 632 g/mol. The molecule has 6 nitrogen and oxygen atoms in total. The van der Waals surface area contributed by atoms with Crippen LogP contribution in [0.25, 0.3) is 6.08 Å². The molecular weight excluding hydrogens is 593 g/mol. The monoisotopic (exact) mass is 631 g/mol. The predicted molar refractivity (Wildman–Crippen MR) is 161 cm³/mol. The van der Waals surface area contributed by atoms with Gasteiger partial charge in [0.05, 0.1) is 0 Å². The molecule has 0 spiro atoms. The highest BCUT2D eigenvalue weighted by atomic mass is 127. The van der Waals surface area contributed by atoms with Crippen molar-refractivity contribution in [2.24, 2.45) is 11.7 Å². The van der Waals surface area contributed by atoms with Gasteiger partial charge in [-0.05, 0) is 54.4 Å². The Labute approximate surface area is 239 Å². The standard InChI is InChI=1S/C31H38INO5/c1-22-9-5-4-6-14-28(38-31(33)36)27(34)13-8-12-25-10-7-11-26(21-25)15-16-30(35)37-29(20-22)24(3)19-23(2)17-18-32/h4-5,7-11,13,15-19,21,24,27-29,34H,6,12,14,20H2,1-3H3,(H2,33,36)/b5-4+,13-8+,16-15+,18-17+,22-9+,23-19+/t24-,27+,28+,29-/m1/s1. The largest absolute Gasteiger partial charge is 0.458 e. The van der Waals surface area contributed by atoms with E-state index in [1.807, 2.05) is 72.6 Å². The van der Waals surface area contributed by atoms with Crippen LogP contribution in [-0.4, -0.2) is 35.5 Å². The van der Waals surface area contributed by atoms with Gasteiger partial charge < -0.3 is 20.3 Å². The number of carbonyl (C=O) groups excluding carboxylic acids is 2. The third-order valence-corrected chi connectivity index (χ3v) is 6.42. The zero-order valence-electron chi connectivity index (χ0n) is 22.3. The number of aliphatic hydroxyl groups is 1. The first-order valence-electron chi connectivity index (χ1n) is 12.7. The number of nitrogens with two attached hydrogens (primary N) is 1. The summed E-state index contributed by atoms with van der Waals surface area (Å²) in [5, 5.41) is 10.6. The Hall–Kier alpha value is -2.91. The number of hydrogen-bond acceptors (Lipinski definition) is 5. The molecule has 2 rings (SSSR count). The van der Waals surface area contributed by atoms with Crippen molar-refractivity contribution < 1.29 is 24.2 Å². The first kappa shape index (κ1) is 31.3. The van der Waals surface area contributed by atoms with Gasteiger partial charge in [-0.15, -0.1) is 0 Å². The lowest BCUT2D eigenvalue weighted by molar-refractivity contribution is -0.144. The SMILES string of the molecule is CC(/C=C/I)=C\[C@@H](C)[C@H]1C/C(C)=C/C=C/CC[C@H](OC(N)=O)[C@@H](O)/C=C/Cc2cccc(c2)/C=C/C(=O)O1. The Balaban J connectivity index is 2.35. The quantitative estimate of drug-likeness (QED) is 0.166. The van der Waals surface area contributed by atoms with Gasteiger partial charge in [0.25, 0.3) is 0 Å². The lowest BCUT2D eigenvalue weighted by Crippen LogP contribution is -2.32. The van der Waals surface area contributed by atoms with E-state index < -0.39 is 18.3 Å². The molecule has 1 amide bonds. The van der Waals surface area contributed by atoms with Gasteiger partial charge in [0.15, 0.2) is 0 Å². The molecule has 0 radical (unpaired) electrons. The molecule has 0 saturated heterocycles. The van der Waals surface area contributed by atoms with Crippen molar-refractivity contribution in [3.8, 4) is 0 Å². The van der Waals surface area contributed by atoms with Crippen LogP contribution in [0.1, 0.15) is 51.2 Å². The Morgan fingerprint density at radius 3 is 2.82 bits per heavy atom. The summed E-state index contributed by atoms with van der Waals surface area (Å²) in [5.74, 6) is -0.377. The lowest BCUT2D eigenvalue weighted by Gasteiger charge is -2.22. The van der Waals surface area contributed by atoms with Crippen molar-refractivity contribution in [2.45, 2.75) is 64.8 Å². The summed E-state index contributed by atoms with van der Waals surface area (Å²) in [6, 6.07) is 7.76. The number of rotatable bonds is 4. The molecule has 1 heterocycles. The van der Waals surface area contributed by atoms with Crippen LogP contribution >= 0.6 is 22.6 Å². The maximum atomic E-state index is 12.8. The van der Waals surface area contributed by atoms with Gasteiger partial charge in [0.1, 0.15) is 18.3 Å². The van der Waals surface area contributed by atoms with Gasteiger partial charge >= 0.3 is 12.1 Å². The van der Waals surface area contributed by atoms with Gasteiger partial charge in [0, 0.05) is 18.4 Å². The Kier molecular flexibility index (Phi) is 13.9. The summed E-state index contributed by atoms with van der Waals surface area (Å²) in [4.78, 5) is 24.1. The molecular formula is C31H38INO5. The molecule has 1 aliphatic heterocycles. The third kappa shape index (κ3) is 12.1. The van der Waals surface area contributed by atoms with E-state index in [9.17, 15) is 14.7 Å². The van der Waals surface area contributed by atoms with Crippen molar-refractivity contribution >= 4 is 40.7 Å². The van der Waals surface area contributed by atoms with Crippen molar-refractivity contribution in [3.05, 3.63) is 99.2 Å². The Morgan fingerprint density at radius 2 is 2.08 bits per heavy atom. The van der Waals surface area contributed by atoms with Gasteiger partial charge in [-0.1, -0.05) is 107 Å². The molecule has 0 fully saturated rings. The number of esters is 1. The number of aliphatic hydroxyl groups excluding tert-OH is 1. The normalized spacial score (nSPS) is 26.9. The topological polar surface area (TPSA) is 98.9 Å². The number of primary amides is 1. The van der Waals surface area contributed by atoms with Crippen LogP contribution in [0.3, 0.4) is 0 Å². The van der Waals surface area contributed by atoms with Crippen LogP contribution in [0, 0.1) is 5.92 Å². The maximum absolute atomic E-state index is 12.8. The number of allylic oxidation sites excluding steroid dienone is 6. The summed E-state index contributed by atoms with van der Waals surface area (Å²) in [6.07, 6.45) is 15.8. The van der Waals surface area contributed by atoms with Crippen LogP contribution in [-0.2, 0) is 20.7 Å². The highest BCUT2D eigenvalue weighted by Gasteiger charge is 2.21. The number of halogens is 1. The van der Waals surface area contributed by atoms with E-state index in [-0.39, 0.29) is 18.0 Å². The summed E-state index contributed by atoms with van der Waals surface area (Å²) in [6.45, 7) is 6.08. The van der Waals surface area contributed by atoms with E-state index >= 15 is 0 Å². The molecule has 1 aromatic carbocycles. The van der Waals surface area contributed by atoms with E-state index in [1.54, 1.807) is 12.2 Å². The van der Waals surface area contributed by atoms with Gasteiger partial charge in [0.2, 0.25) is 0 Å². The molecule has 4 atom stereocenters. The fourth-order valence-electron chi connectivity index (χ4n) is 4.08. The van der Waals surface area contributed by atoms with Crippen LogP contribution in [0.4, 0.5) is 4.79 Å². The van der Waals surface area contributed by atoms with Crippen molar-refractivity contribution in [2.75, 3.05) is 0 Å². The van der Waals surface area contributed by atoms with E-state index in [2.05, 4.69) is 35.6 Å². The molecule has 0 saturated carbocycles. The molecule has 0 unspecified atom stereocenters. The van der Waals surface area contributed by atoms with Crippen molar-refractivity contribution in [3.63, 3.8) is 0 Å². The molecule has 38 heavy (non-hydrogen) atoms. The number of benzene rings is 1. The lowest BCUT2D eigenvalue weighted by atomic mass is 9.95. The number of amides is 1. The molecule has 3 N–H and O–H groups in total. The zero-order chi connectivity index (χ0) is 27.9. The second-order valence-corrected chi connectivity index (χ2v) is 10.2. The van der Waals surface area contributed by atoms with Crippen LogP contribution in [0.2, 0.25) is 0 Å². The van der Waals surface area contributed by atoms with E-state index in [1.165, 1.54) is 6.08 Å². The minimum absolute atomic E-state index is 0.00782. The van der Waals surface area contributed by atoms with Crippen molar-refractivity contribution in [1.29, 1.82) is 0 Å². The Morgan fingerprint density at radius 1 is 1.29 bits per heavy atom. The van der Waals surface area contributed by atoms with E-state index in [0.717, 1.165) is 22.3 Å². The zero-order valence-corrected chi connectivity index (χ0v) is 24.4. The first-order chi connectivity index (χ1) is 18.2. The van der Waals surface area contributed by atoms with Crippen LogP contribution in [0.5, 0.6) is 0 Å². The minimum Gasteiger partial charge on any atom is -0.458 e. The van der Waals surface area contributed by atoms with E-state index in [0.29, 0.717) is 25.7 Å². The molecule has 204 valence electrons. The van der Waals surface area contributed by atoms with Crippen LogP contribution < -0.4 is 5.73 Å². The van der Waals surface area contributed by atoms with Crippen molar-refractivity contribution in [1.82, 2.24) is 0 Å².